The summed E-state index contributed by atoms with van der Waals surface area (Å²) in [4.78, 5) is 12.7. The minimum atomic E-state index is -0.474. The number of rotatable bonds is 2. The molecule has 3 nitrogen and oxygen atoms in total. The Morgan fingerprint density at radius 3 is 2.50 bits per heavy atom. The van der Waals surface area contributed by atoms with Crippen molar-refractivity contribution in [1.29, 1.82) is 0 Å². The van der Waals surface area contributed by atoms with Crippen LogP contribution in [-0.2, 0) is 4.74 Å². The number of nitrogen functional groups attached to an aromatic ring is 1. The van der Waals surface area contributed by atoms with Crippen molar-refractivity contribution < 1.29 is 9.53 Å². The number of hydrogen-bond acceptors (Lipinski definition) is 4. The van der Waals surface area contributed by atoms with Crippen LogP contribution in [0.25, 0.3) is 0 Å². The Labute approximate surface area is 100 Å². The fourth-order valence-corrected chi connectivity index (χ4v) is 1.72. The molecule has 1 aromatic carbocycles. The second-order valence-electron chi connectivity index (χ2n) is 4.46. The molecule has 0 aliphatic rings. The number of esters is 1. The number of benzene rings is 1. The molecule has 16 heavy (non-hydrogen) atoms. The molecule has 0 unspecified atom stereocenters. The molecule has 0 aliphatic heterocycles. The van der Waals surface area contributed by atoms with Crippen LogP contribution in [-0.4, -0.2) is 17.8 Å². The van der Waals surface area contributed by atoms with Gasteiger partial charge in [-0.05, 0) is 45.2 Å². The van der Waals surface area contributed by atoms with Gasteiger partial charge in [0.05, 0.1) is 5.56 Å². The van der Waals surface area contributed by atoms with Gasteiger partial charge in [0.15, 0.2) is 0 Å². The van der Waals surface area contributed by atoms with Gasteiger partial charge in [0, 0.05) is 10.6 Å². The first kappa shape index (κ1) is 12.9. The van der Waals surface area contributed by atoms with Crippen molar-refractivity contribution in [3.8, 4) is 0 Å². The summed E-state index contributed by atoms with van der Waals surface area (Å²) < 4.78 is 5.27. The molecule has 0 fully saturated rings. The van der Waals surface area contributed by atoms with E-state index in [9.17, 15) is 4.79 Å². The molecule has 0 aromatic heterocycles. The van der Waals surface area contributed by atoms with Crippen molar-refractivity contribution in [3.63, 3.8) is 0 Å². The Morgan fingerprint density at radius 1 is 1.38 bits per heavy atom. The Balaban J connectivity index is 2.93. The van der Waals surface area contributed by atoms with Gasteiger partial charge >= 0.3 is 5.97 Å². The quantitative estimate of drug-likeness (QED) is 0.490. The molecule has 0 atom stereocenters. The minimum Gasteiger partial charge on any atom is -0.456 e. The summed E-state index contributed by atoms with van der Waals surface area (Å²) in [6.07, 6.45) is 1.92. The Kier molecular flexibility index (Phi) is 3.86. The van der Waals surface area contributed by atoms with Crippen LogP contribution in [0.15, 0.2) is 23.1 Å². The van der Waals surface area contributed by atoms with Gasteiger partial charge in [-0.2, -0.15) is 0 Å². The van der Waals surface area contributed by atoms with E-state index < -0.39 is 5.60 Å². The maximum Gasteiger partial charge on any atom is 0.338 e. The maximum atomic E-state index is 11.8. The average Bonchev–Trinajstić information content (AvgIpc) is 2.15. The van der Waals surface area contributed by atoms with Crippen LogP contribution in [0.1, 0.15) is 31.1 Å². The zero-order chi connectivity index (χ0) is 12.3. The minimum absolute atomic E-state index is 0.317. The van der Waals surface area contributed by atoms with E-state index in [0.29, 0.717) is 11.3 Å². The summed E-state index contributed by atoms with van der Waals surface area (Å²) >= 11 is 1.51. The smallest absolute Gasteiger partial charge is 0.338 e. The van der Waals surface area contributed by atoms with Crippen molar-refractivity contribution in [1.82, 2.24) is 0 Å². The number of hydrogen-bond donors (Lipinski definition) is 1. The second-order valence-corrected chi connectivity index (χ2v) is 5.31. The van der Waals surface area contributed by atoms with Gasteiger partial charge in [-0.3, -0.25) is 0 Å². The first-order valence-electron chi connectivity index (χ1n) is 5.00. The van der Waals surface area contributed by atoms with Gasteiger partial charge in [0.25, 0.3) is 0 Å². The lowest BCUT2D eigenvalue weighted by Crippen LogP contribution is -2.23. The highest BCUT2D eigenvalue weighted by molar-refractivity contribution is 7.98. The summed E-state index contributed by atoms with van der Waals surface area (Å²) in [5.41, 5.74) is 6.50. The molecule has 0 amide bonds. The van der Waals surface area contributed by atoms with Crippen LogP contribution in [0.4, 0.5) is 5.69 Å². The van der Waals surface area contributed by atoms with Crippen molar-refractivity contribution in [2.24, 2.45) is 0 Å². The summed E-state index contributed by atoms with van der Waals surface area (Å²) in [5.74, 6) is -0.317. The highest BCUT2D eigenvalue weighted by atomic mass is 32.2. The van der Waals surface area contributed by atoms with Crippen LogP contribution >= 0.6 is 11.8 Å². The van der Waals surface area contributed by atoms with Crippen LogP contribution < -0.4 is 5.73 Å². The molecular formula is C12H17NO2S. The summed E-state index contributed by atoms with van der Waals surface area (Å²) in [6.45, 7) is 5.53. The molecule has 88 valence electrons. The molecule has 0 spiro atoms. The van der Waals surface area contributed by atoms with Gasteiger partial charge in [-0.25, -0.2) is 4.79 Å². The fraction of sp³-hybridized carbons (Fsp3) is 0.417. The number of anilines is 1. The number of carbonyl (C=O) groups is 1. The summed E-state index contributed by atoms with van der Waals surface area (Å²) in [7, 11) is 0. The van der Waals surface area contributed by atoms with E-state index in [-0.39, 0.29) is 5.97 Å². The van der Waals surface area contributed by atoms with Crippen molar-refractivity contribution in [2.45, 2.75) is 31.3 Å². The van der Waals surface area contributed by atoms with Gasteiger partial charge in [-0.1, -0.05) is 0 Å². The van der Waals surface area contributed by atoms with Crippen LogP contribution in [0, 0.1) is 0 Å². The number of carbonyl (C=O) groups excluding carboxylic acids is 1. The van der Waals surface area contributed by atoms with Gasteiger partial charge in [0.2, 0.25) is 0 Å². The fourth-order valence-electron chi connectivity index (χ4n) is 1.18. The predicted molar refractivity (Wildman–Crippen MR) is 67.8 cm³/mol. The molecule has 0 bridgehead atoms. The monoisotopic (exact) mass is 239 g/mol. The average molecular weight is 239 g/mol. The third kappa shape index (κ3) is 3.45. The summed E-state index contributed by atoms with van der Waals surface area (Å²) in [5, 5.41) is 0. The SMILES string of the molecule is CSc1cc(C(=O)OC(C)(C)C)ccc1N. The van der Waals surface area contributed by atoms with Gasteiger partial charge < -0.3 is 10.5 Å². The van der Waals surface area contributed by atoms with E-state index >= 15 is 0 Å². The van der Waals surface area contributed by atoms with Crippen molar-refractivity contribution in [3.05, 3.63) is 23.8 Å². The topological polar surface area (TPSA) is 52.3 Å². The lowest BCUT2D eigenvalue weighted by Gasteiger charge is -2.19. The first-order valence-corrected chi connectivity index (χ1v) is 6.23. The van der Waals surface area contributed by atoms with Gasteiger partial charge in [0.1, 0.15) is 5.60 Å². The van der Waals surface area contributed by atoms with E-state index in [2.05, 4.69) is 0 Å². The van der Waals surface area contributed by atoms with Crippen LogP contribution in [0.2, 0.25) is 0 Å². The van der Waals surface area contributed by atoms with E-state index in [1.54, 1.807) is 18.2 Å². The molecular weight excluding hydrogens is 222 g/mol. The molecule has 1 rings (SSSR count). The molecule has 4 heteroatoms. The highest BCUT2D eigenvalue weighted by Gasteiger charge is 2.18. The van der Waals surface area contributed by atoms with E-state index in [0.717, 1.165) is 4.90 Å². The predicted octanol–water partition coefficient (Wildman–Crippen LogP) is 2.95. The highest BCUT2D eigenvalue weighted by Crippen LogP contribution is 2.24. The molecule has 0 saturated carbocycles. The van der Waals surface area contributed by atoms with Crippen molar-refractivity contribution in [2.75, 3.05) is 12.0 Å². The normalized spacial score (nSPS) is 11.2. The standard InChI is InChI=1S/C12H17NO2S/c1-12(2,3)15-11(14)8-5-6-9(13)10(7-8)16-4/h5-7H,13H2,1-4H3. The zero-order valence-corrected chi connectivity index (χ0v) is 10.9. The van der Waals surface area contributed by atoms with Gasteiger partial charge in [-0.15, -0.1) is 11.8 Å². The van der Waals surface area contributed by atoms with E-state index in [1.807, 2.05) is 27.0 Å². The molecule has 0 aliphatic carbocycles. The summed E-state index contributed by atoms with van der Waals surface area (Å²) in [6, 6.07) is 5.17. The molecule has 1 aromatic rings. The number of ether oxygens (including phenoxy) is 1. The van der Waals surface area contributed by atoms with E-state index in [4.69, 9.17) is 10.5 Å². The lowest BCUT2D eigenvalue weighted by atomic mass is 10.1. The third-order valence-corrected chi connectivity index (χ3v) is 2.66. The zero-order valence-electron chi connectivity index (χ0n) is 10.0. The second kappa shape index (κ2) is 4.78. The first-order chi connectivity index (χ1) is 7.33. The lowest BCUT2D eigenvalue weighted by molar-refractivity contribution is 0.00693. The third-order valence-electron chi connectivity index (χ3n) is 1.87. The molecule has 0 heterocycles. The maximum absolute atomic E-state index is 11.8. The number of nitrogens with two attached hydrogens (primary N) is 1. The largest absolute Gasteiger partial charge is 0.456 e. The molecule has 0 saturated heterocycles. The Bertz CT molecular complexity index is 396. The Hall–Kier alpha value is -1.16. The van der Waals surface area contributed by atoms with Crippen molar-refractivity contribution >= 4 is 23.4 Å². The van der Waals surface area contributed by atoms with Crippen LogP contribution in [0.5, 0.6) is 0 Å². The molecule has 2 N–H and O–H groups in total. The Morgan fingerprint density at radius 2 is 2.00 bits per heavy atom. The van der Waals surface area contributed by atoms with E-state index in [1.165, 1.54) is 11.8 Å². The van der Waals surface area contributed by atoms with Crippen LogP contribution in [0.3, 0.4) is 0 Å². The number of thioether (sulfide) groups is 1. The molecule has 0 radical (unpaired) electrons.